The molecule has 4 rings (SSSR count). The highest BCUT2D eigenvalue weighted by Gasteiger charge is 2.24. The number of anilines is 1. The van der Waals surface area contributed by atoms with Crippen molar-refractivity contribution in [3.8, 4) is 5.75 Å². The largest absolute Gasteiger partial charge is 0.379 e. The van der Waals surface area contributed by atoms with Gasteiger partial charge in [-0.2, -0.15) is 8.42 Å². The minimum Gasteiger partial charge on any atom is -0.379 e. The van der Waals surface area contributed by atoms with Crippen LogP contribution in [0, 0.1) is 0 Å². The van der Waals surface area contributed by atoms with Crippen LogP contribution in [-0.4, -0.2) is 25.4 Å². The smallest absolute Gasteiger partial charge is 0.339 e. The zero-order chi connectivity index (χ0) is 25.0. The number of amides is 2. The van der Waals surface area contributed by atoms with E-state index < -0.39 is 10.1 Å². The molecule has 0 aromatic heterocycles. The molecular weight excluding hydrogens is 510 g/mol. The summed E-state index contributed by atoms with van der Waals surface area (Å²) in [4.78, 5) is 28.2. The third-order valence-corrected chi connectivity index (χ3v) is 6.96. The molecule has 2 amide bonds. The van der Waals surface area contributed by atoms with Gasteiger partial charge in [0.2, 0.25) is 5.91 Å². The number of thioether (sulfide) groups is 1. The first-order valence-electron chi connectivity index (χ1n) is 10.2. The van der Waals surface area contributed by atoms with Crippen LogP contribution in [-0.2, 0) is 19.7 Å². The lowest BCUT2D eigenvalue weighted by atomic mass is 10.2. The van der Waals surface area contributed by atoms with Crippen LogP contribution in [0.25, 0.3) is 6.08 Å². The number of aliphatic imine (C=N–C) groups is 1. The number of nitrogens with one attached hydrogen (secondary N) is 2. The molecule has 0 unspecified atom stereocenters. The number of amidine groups is 1. The number of halogens is 1. The lowest BCUT2D eigenvalue weighted by molar-refractivity contribution is -0.115. The molecule has 8 nitrogen and oxygen atoms in total. The number of carbonyl (C=O) groups is 2. The number of rotatable bonds is 6. The minimum absolute atomic E-state index is 0.0656. The second-order valence-corrected chi connectivity index (χ2v) is 10.3. The summed E-state index contributed by atoms with van der Waals surface area (Å²) in [6.07, 6.45) is 1.62. The number of benzene rings is 3. The second kappa shape index (κ2) is 10.3. The monoisotopic (exact) mass is 527 g/mol. The van der Waals surface area contributed by atoms with Crippen molar-refractivity contribution in [1.29, 1.82) is 0 Å². The first-order chi connectivity index (χ1) is 16.7. The minimum atomic E-state index is -4.11. The van der Waals surface area contributed by atoms with E-state index in [1.807, 2.05) is 0 Å². The van der Waals surface area contributed by atoms with Crippen LogP contribution in [0.1, 0.15) is 12.5 Å². The van der Waals surface area contributed by atoms with Gasteiger partial charge in [0.05, 0.1) is 10.6 Å². The maximum Gasteiger partial charge on any atom is 0.339 e. The van der Waals surface area contributed by atoms with Gasteiger partial charge in [0.15, 0.2) is 5.17 Å². The Morgan fingerprint density at radius 2 is 1.80 bits per heavy atom. The van der Waals surface area contributed by atoms with Crippen molar-refractivity contribution in [2.45, 2.75) is 11.8 Å². The highest BCUT2D eigenvalue weighted by atomic mass is 35.5. The van der Waals surface area contributed by atoms with Crippen molar-refractivity contribution in [3.63, 3.8) is 0 Å². The molecule has 0 bridgehead atoms. The van der Waals surface area contributed by atoms with E-state index in [0.29, 0.717) is 32.0 Å². The normalized spacial score (nSPS) is 15.8. The molecule has 0 atom stereocenters. The summed E-state index contributed by atoms with van der Waals surface area (Å²) >= 11 is 7.04. The van der Waals surface area contributed by atoms with E-state index in [2.05, 4.69) is 15.6 Å². The Labute approximate surface area is 211 Å². The van der Waals surface area contributed by atoms with Crippen molar-refractivity contribution in [1.82, 2.24) is 5.32 Å². The third kappa shape index (κ3) is 6.50. The molecule has 11 heteroatoms. The summed E-state index contributed by atoms with van der Waals surface area (Å²) in [5.74, 6) is -0.495. The molecule has 1 aliphatic heterocycles. The maximum atomic E-state index is 12.7. The number of nitrogens with zero attached hydrogens (tertiary/aromatic N) is 1. The molecule has 0 aliphatic carbocycles. The summed E-state index contributed by atoms with van der Waals surface area (Å²) in [6.45, 7) is 1.36. The van der Waals surface area contributed by atoms with Gasteiger partial charge in [-0.15, -0.1) is 0 Å². The summed E-state index contributed by atoms with van der Waals surface area (Å²) in [5, 5.41) is 6.27. The van der Waals surface area contributed by atoms with E-state index in [4.69, 9.17) is 15.8 Å². The maximum absolute atomic E-state index is 12.7. The highest BCUT2D eigenvalue weighted by molar-refractivity contribution is 8.18. The van der Waals surface area contributed by atoms with Crippen molar-refractivity contribution in [3.05, 3.63) is 88.3 Å². The molecule has 1 saturated heterocycles. The zero-order valence-corrected chi connectivity index (χ0v) is 20.6. The molecule has 3 aromatic carbocycles. The summed E-state index contributed by atoms with van der Waals surface area (Å²) in [7, 11) is -4.11. The van der Waals surface area contributed by atoms with Crippen molar-refractivity contribution < 1.29 is 22.2 Å². The van der Waals surface area contributed by atoms with E-state index in [9.17, 15) is 18.0 Å². The molecule has 178 valence electrons. The molecular formula is C24H18ClN3O5S2. The SMILES string of the molecule is CC(=O)Nc1ccc(S(=O)(=O)Oc2cccc(/C=C3\SC(=Nc4ccc(Cl)cc4)NC3=O)c2)cc1. The Bertz CT molecular complexity index is 1450. The van der Waals surface area contributed by atoms with Crippen LogP contribution in [0.15, 0.2) is 87.6 Å². The Morgan fingerprint density at radius 3 is 2.49 bits per heavy atom. The van der Waals surface area contributed by atoms with Gasteiger partial charge in [-0.05, 0) is 84.1 Å². The Balaban J connectivity index is 1.49. The molecule has 2 N–H and O–H groups in total. The third-order valence-electron chi connectivity index (χ3n) is 4.53. The van der Waals surface area contributed by atoms with E-state index in [1.54, 1.807) is 42.5 Å². The average molecular weight is 528 g/mol. The van der Waals surface area contributed by atoms with Crippen LogP contribution >= 0.6 is 23.4 Å². The fraction of sp³-hybridized carbons (Fsp3) is 0.0417. The van der Waals surface area contributed by atoms with Gasteiger partial charge in [-0.1, -0.05) is 23.7 Å². The lowest BCUT2D eigenvalue weighted by Gasteiger charge is -2.09. The molecule has 1 fully saturated rings. The van der Waals surface area contributed by atoms with Crippen LogP contribution in [0.4, 0.5) is 11.4 Å². The molecule has 35 heavy (non-hydrogen) atoms. The van der Waals surface area contributed by atoms with Gasteiger partial charge in [0.25, 0.3) is 5.91 Å². The van der Waals surface area contributed by atoms with Crippen LogP contribution < -0.4 is 14.8 Å². The Morgan fingerprint density at radius 1 is 1.09 bits per heavy atom. The van der Waals surface area contributed by atoms with Crippen molar-refractivity contribution in [2.24, 2.45) is 4.99 Å². The topological polar surface area (TPSA) is 114 Å². The van der Waals surface area contributed by atoms with Crippen LogP contribution in [0.5, 0.6) is 5.75 Å². The summed E-state index contributed by atoms with van der Waals surface area (Å²) in [5.41, 5.74) is 1.68. The fourth-order valence-electron chi connectivity index (χ4n) is 3.00. The Hall–Kier alpha value is -3.60. The van der Waals surface area contributed by atoms with Gasteiger partial charge >= 0.3 is 10.1 Å². The number of carbonyl (C=O) groups excluding carboxylic acids is 2. The lowest BCUT2D eigenvalue weighted by Crippen LogP contribution is -2.19. The van der Waals surface area contributed by atoms with E-state index in [-0.39, 0.29) is 22.5 Å². The molecule has 0 spiro atoms. The quantitative estimate of drug-likeness (QED) is 0.346. The van der Waals surface area contributed by atoms with E-state index in [0.717, 1.165) is 11.8 Å². The molecule has 1 aliphatic rings. The zero-order valence-electron chi connectivity index (χ0n) is 18.2. The van der Waals surface area contributed by atoms with Gasteiger partial charge in [-0.3, -0.25) is 9.59 Å². The van der Waals surface area contributed by atoms with Crippen molar-refractivity contribution in [2.75, 3.05) is 5.32 Å². The molecule has 0 saturated carbocycles. The van der Waals surface area contributed by atoms with Gasteiger partial charge in [-0.25, -0.2) is 4.99 Å². The van der Waals surface area contributed by atoms with Gasteiger partial charge in [0.1, 0.15) is 10.6 Å². The molecule has 1 heterocycles. The van der Waals surface area contributed by atoms with Gasteiger partial charge < -0.3 is 14.8 Å². The predicted octanol–water partition coefficient (Wildman–Crippen LogP) is 4.96. The number of hydrogen-bond donors (Lipinski definition) is 2. The Kier molecular flexibility index (Phi) is 7.25. The summed E-state index contributed by atoms with van der Waals surface area (Å²) in [6, 6.07) is 18.9. The first kappa shape index (κ1) is 24.5. The van der Waals surface area contributed by atoms with E-state index >= 15 is 0 Å². The van der Waals surface area contributed by atoms with Crippen LogP contribution in [0.3, 0.4) is 0 Å². The standard InChI is InChI=1S/C24H18ClN3O5S2/c1-15(29)26-18-9-11-21(12-10-18)35(31,32)33-20-4-2-3-16(13-20)14-22-23(30)28-24(34-22)27-19-7-5-17(25)6-8-19/h2-14H,1H3,(H,26,29)(H,27,28,30)/b22-14-. The summed E-state index contributed by atoms with van der Waals surface area (Å²) < 4.78 is 30.6. The van der Waals surface area contributed by atoms with Gasteiger partial charge in [0, 0.05) is 17.6 Å². The average Bonchev–Trinajstić information content (AvgIpc) is 3.13. The second-order valence-electron chi connectivity index (χ2n) is 7.27. The van der Waals surface area contributed by atoms with E-state index in [1.165, 1.54) is 43.3 Å². The van der Waals surface area contributed by atoms with Crippen LogP contribution in [0.2, 0.25) is 5.02 Å². The van der Waals surface area contributed by atoms with Crippen molar-refractivity contribution >= 4 is 67.9 Å². The first-order valence-corrected chi connectivity index (χ1v) is 12.8. The fourth-order valence-corrected chi connectivity index (χ4v) is 4.89. The number of hydrogen-bond acceptors (Lipinski definition) is 7. The predicted molar refractivity (Wildman–Crippen MR) is 137 cm³/mol. The molecule has 0 radical (unpaired) electrons. The molecule has 3 aromatic rings. The highest BCUT2D eigenvalue weighted by Crippen LogP contribution is 2.29.